The van der Waals surface area contributed by atoms with Crippen molar-refractivity contribution in [2.24, 2.45) is 0 Å². The van der Waals surface area contributed by atoms with E-state index in [0.29, 0.717) is 26.1 Å². The fourth-order valence-corrected chi connectivity index (χ4v) is 5.72. The summed E-state index contributed by atoms with van der Waals surface area (Å²) in [5, 5.41) is 13.5. The number of fused-ring (bicyclic) bond motifs is 3. The fourth-order valence-electron chi connectivity index (χ4n) is 5.72. The fraction of sp³-hybridized carbons (Fsp3) is 0.333. The van der Waals surface area contributed by atoms with Crippen molar-refractivity contribution in [3.8, 4) is 11.1 Å². The van der Waals surface area contributed by atoms with Gasteiger partial charge in [0.05, 0.1) is 0 Å². The number of piperazine rings is 1. The zero-order valence-electron chi connectivity index (χ0n) is 20.5. The largest absolute Gasteiger partial charge is 0.480 e. The second kappa shape index (κ2) is 10.5. The number of carboxylic acids is 1. The molecule has 2 aliphatic rings. The molecule has 6 heteroatoms. The van der Waals surface area contributed by atoms with Crippen molar-refractivity contribution < 1.29 is 14.7 Å². The van der Waals surface area contributed by atoms with E-state index in [-0.39, 0.29) is 6.03 Å². The Bertz CT molecular complexity index is 1170. The van der Waals surface area contributed by atoms with E-state index >= 15 is 0 Å². The zero-order chi connectivity index (χ0) is 25.0. The number of hydrogen-bond donors (Lipinski definition) is 2. The summed E-state index contributed by atoms with van der Waals surface area (Å²) in [5.41, 5.74) is 4.01. The molecule has 36 heavy (non-hydrogen) atoms. The van der Waals surface area contributed by atoms with Gasteiger partial charge in [0.25, 0.3) is 0 Å². The quantitative estimate of drug-likeness (QED) is 0.454. The SMILES string of the molecule is O=C(NCc1ccccc1)N1CCN(CCCCC2(C(=O)O)c3ccccc3-c3ccccc32)CC1. The van der Waals surface area contributed by atoms with Crippen molar-refractivity contribution in [2.45, 2.75) is 31.2 Å². The van der Waals surface area contributed by atoms with Crippen LogP contribution >= 0.6 is 0 Å². The maximum absolute atomic E-state index is 12.7. The molecule has 3 aromatic rings. The molecule has 5 rings (SSSR count). The Kier molecular flexibility index (Phi) is 7.05. The van der Waals surface area contributed by atoms with Crippen LogP contribution in [0.4, 0.5) is 4.79 Å². The summed E-state index contributed by atoms with van der Waals surface area (Å²) in [6.07, 6.45) is 2.34. The molecule has 0 atom stereocenters. The van der Waals surface area contributed by atoms with Crippen LogP contribution in [0.1, 0.15) is 36.0 Å². The first kappa shape index (κ1) is 24.1. The Morgan fingerprint density at radius 3 is 1.97 bits per heavy atom. The summed E-state index contributed by atoms with van der Waals surface area (Å²) in [5.74, 6) is -0.768. The molecule has 186 valence electrons. The number of urea groups is 1. The summed E-state index contributed by atoms with van der Waals surface area (Å²) in [6.45, 7) is 4.56. The predicted molar refractivity (Wildman–Crippen MR) is 141 cm³/mol. The van der Waals surface area contributed by atoms with E-state index in [9.17, 15) is 14.7 Å². The number of carboxylic acid groups (broad SMARTS) is 1. The maximum atomic E-state index is 12.7. The minimum absolute atomic E-state index is 0.0135. The highest BCUT2D eigenvalue weighted by Crippen LogP contribution is 2.51. The summed E-state index contributed by atoms with van der Waals surface area (Å²) in [6, 6.07) is 25.8. The molecular weight excluding hydrogens is 450 g/mol. The standard InChI is InChI=1S/C30H33N3O3/c34-28(35)30(26-14-6-4-12-24(26)25-13-5-7-15-27(25)30)16-8-9-17-32-18-20-33(21-19-32)29(36)31-22-23-10-2-1-3-11-23/h1-7,10-15H,8-9,16-22H2,(H,31,36)(H,34,35). The summed E-state index contributed by atoms with van der Waals surface area (Å²) >= 11 is 0. The molecule has 0 unspecified atom stereocenters. The zero-order valence-corrected chi connectivity index (χ0v) is 20.5. The third-order valence-electron chi connectivity index (χ3n) is 7.65. The minimum Gasteiger partial charge on any atom is -0.480 e. The van der Waals surface area contributed by atoms with Crippen molar-refractivity contribution in [1.82, 2.24) is 15.1 Å². The Morgan fingerprint density at radius 1 is 0.778 bits per heavy atom. The van der Waals surface area contributed by atoms with Gasteiger partial charge < -0.3 is 15.3 Å². The molecule has 2 amide bonds. The van der Waals surface area contributed by atoms with Gasteiger partial charge in [0, 0.05) is 32.7 Å². The van der Waals surface area contributed by atoms with Gasteiger partial charge in [0.2, 0.25) is 0 Å². The number of nitrogens with one attached hydrogen (secondary N) is 1. The van der Waals surface area contributed by atoms with E-state index in [4.69, 9.17) is 0 Å². The number of benzene rings is 3. The predicted octanol–water partition coefficient (Wildman–Crippen LogP) is 4.74. The number of unbranched alkanes of at least 4 members (excludes halogenated alkanes) is 1. The number of nitrogens with zero attached hydrogens (tertiary/aromatic N) is 2. The Hall–Kier alpha value is -3.64. The van der Waals surface area contributed by atoms with Crippen molar-refractivity contribution in [1.29, 1.82) is 0 Å². The van der Waals surface area contributed by atoms with Crippen LogP contribution in [0.5, 0.6) is 0 Å². The van der Waals surface area contributed by atoms with Crippen LogP contribution in [-0.4, -0.2) is 59.6 Å². The van der Waals surface area contributed by atoms with Gasteiger partial charge in [-0.3, -0.25) is 9.69 Å². The molecule has 1 saturated heterocycles. The van der Waals surface area contributed by atoms with Gasteiger partial charge in [0.15, 0.2) is 0 Å². The van der Waals surface area contributed by atoms with Gasteiger partial charge in [-0.2, -0.15) is 0 Å². The first-order chi connectivity index (χ1) is 17.6. The van der Waals surface area contributed by atoms with Gasteiger partial charge in [-0.15, -0.1) is 0 Å². The molecule has 0 radical (unpaired) electrons. The lowest BCUT2D eigenvalue weighted by Crippen LogP contribution is -2.51. The molecule has 0 saturated carbocycles. The minimum atomic E-state index is -0.983. The number of carbonyl (C=O) groups excluding carboxylic acids is 1. The molecule has 0 aromatic heterocycles. The van der Waals surface area contributed by atoms with Crippen LogP contribution in [-0.2, 0) is 16.8 Å². The summed E-state index contributed by atoms with van der Waals surface area (Å²) < 4.78 is 0. The molecule has 1 heterocycles. The smallest absolute Gasteiger partial charge is 0.318 e. The molecular formula is C30H33N3O3. The van der Waals surface area contributed by atoms with Gasteiger partial charge in [-0.05, 0) is 47.2 Å². The Morgan fingerprint density at radius 2 is 1.36 bits per heavy atom. The van der Waals surface area contributed by atoms with E-state index in [1.54, 1.807) is 0 Å². The molecule has 1 fully saturated rings. The van der Waals surface area contributed by atoms with E-state index in [1.807, 2.05) is 83.8 Å². The lowest BCUT2D eigenvalue weighted by atomic mass is 9.74. The van der Waals surface area contributed by atoms with Crippen molar-refractivity contribution in [3.63, 3.8) is 0 Å². The first-order valence-electron chi connectivity index (χ1n) is 12.8. The number of rotatable bonds is 8. The first-order valence-corrected chi connectivity index (χ1v) is 12.8. The highest BCUT2D eigenvalue weighted by molar-refractivity contribution is 5.97. The van der Waals surface area contributed by atoms with Crippen molar-refractivity contribution in [3.05, 3.63) is 95.6 Å². The van der Waals surface area contributed by atoms with Crippen molar-refractivity contribution in [2.75, 3.05) is 32.7 Å². The molecule has 6 nitrogen and oxygen atoms in total. The number of aliphatic carboxylic acids is 1. The Balaban J connectivity index is 1.13. The van der Waals surface area contributed by atoms with Crippen LogP contribution in [0, 0.1) is 0 Å². The average Bonchev–Trinajstić information content (AvgIpc) is 3.22. The van der Waals surface area contributed by atoms with Crippen LogP contribution in [0.3, 0.4) is 0 Å². The highest BCUT2D eigenvalue weighted by atomic mass is 16.4. The van der Waals surface area contributed by atoms with Gasteiger partial charge in [-0.25, -0.2) is 4.79 Å². The molecule has 3 aromatic carbocycles. The monoisotopic (exact) mass is 483 g/mol. The van der Waals surface area contributed by atoms with Crippen LogP contribution in [0.2, 0.25) is 0 Å². The molecule has 0 bridgehead atoms. The van der Waals surface area contributed by atoms with Crippen LogP contribution in [0.25, 0.3) is 11.1 Å². The topological polar surface area (TPSA) is 72.9 Å². The lowest BCUT2D eigenvalue weighted by molar-refractivity contribution is -0.142. The second-order valence-corrected chi connectivity index (χ2v) is 9.73. The maximum Gasteiger partial charge on any atom is 0.318 e. The highest BCUT2D eigenvalue weighted by Gasteiger charge is 2.48. The molecule has 0 spiro atoms. The second-order valence-electron chi connectivity index (χ2n) is 9.73. The van der Waals surface area contributed by atoms with Crippen molar-refractivity contribution >= 4 is 12.0 Å². The Labute approximate surface area is 212 Å². The van der Waals surface area contributed by atoms with E-state index < -0.39 is 11.4 Å². The van der Waals surface area contributed by atoms with Gasteiger partial charge in [0.1, 0.15) is 5.41 Å². The van der Waals surface area contributed by atoms with E-state index in [1.165, 1.54) is 0 Å². The molecule has 1 aliphatic carbocycles. The normalized spacial score (nSPS) is 16.3. The third-order valence-corrected chi connectivity index (χ3v) is 7.65. The molecule has 1 aliphatic heterocycles. The molecule has 2 N–H and O–H groups in total. The number of amides is 2. The van der Waals surface area contributed by atoms with Crippen LogP contribution < -0.4 is 5.32 Å². The third kappa shape index (κ3) is 4.61. The summed E-state index contributed by atoms with van der Waals surface area (Å²) in [4.78, 5) is 29.5. The summed E-state index contributed by atoms with van der Waals surface area (Å²) in [7, 11) is 0. The number of hydrogen-bond acceptors (Lipinski definition) is 3. The van der Waals surface area contributed by atoms with Gasteiger partial charge >= 0.3 is 12.0 Å². The van der Waals surface area contributed by atoms with Gasteiger partial charge in [-0.1, -0.05) is 85.3 Å². The average molecular weight is 484 g/mol. The van der Waals surface area contributed by atoms with E-state index in [2.05, 4.69) is 10.2 Å². The van der Waals surface area contributed by atoms with Crippen LogP contribution in [0.15, 0.2) is 78.9 Å². The van der Waals surface area contributed by atoms with E-state index in [0.717, 1.165) is 60.3 Å². The lowest BCUT2D eigenvalue weighted by Gasteiger charge is -2.35. The number of carbonyl (C=O) groups is 2.